The Labute approximate surface area is 87.2 Å². The predicted octanol–water partition coefficient (Wildman–Crippen LogP) is 1.78. The number of allylic oxidation sites excluding steroid dienone is 5. The predicted molar refractivity (Wildman–Crippen MR) is 57.0 cm³/mol. The van der Waals surface area contributed by atoms with Crippen molar-refractivity contribution in [2.24, 2.45) is 0 Å². The van der Waals surface area contributed by atoms with Crippen LogP contribution in [0.2, 0.25) is 0 Å². The molecule has 15 heavy (non-hydrogen) atoms. The molecule has 0 bridgehead atoms. The quantitative estimate of drug-likeness (QED) is 0.587. The second-order valence-corrected chi connectivity index (χ2v) is 2.51. The summed E-state index contributed by atoms with van der Waals surface area (Å²) in [4.78, 5) is 10.1. The van der Waals surface area contributed by atoms with Crippen molar-refractivity contribution in [3.8, 4) is 0 Å². The summed E-state index contributed by atoms with van der Waals surface area (Å²) < 4.78 is 5.16. The van der Waals surface area contributed by atoms with Crippen molar-refractivity contribution in [1.29, 1.82) is 0 Å². The van der Waals surface area contributed by atoms with Gasteiger partial charge in [-0.2, -0.15) is 0 Å². The fourth-order valence-electron chi connectivity index (χ4n) is 0.911. The number of rotatable bonds is 5. The van der Waals surface area contributed by atoms with Gasteiger partial charge in [-0.1, -0.05) is 29.9 Å². The highest BCUT2D eigenvalue weighted by Crippen LogP contribution is 2.16. The lowest BCUT2D eigenvalue weighted by Crippen LogP contribution is -1.92. The summed E-state index contributed by atoms with van der Waals surface area (Å²) in [5.41, 5.74) is 0.765. The average Bonchev–Trinajstić information content (AvgIpc) is 2.68. The number of amides is 1. The van der Waals surface area contributed by atoms with Crippen molar-refractivity contribution in [2.45, 2.75) is 6.92 Å². The molecule has 0 aromatic carbocycles. The number of carbonyl (C=O) groups excluding carboxylic acids is 1. The van der Waals surface area contributed by atoms with Gasteiger partial charge in [0.1, 0.15) is 0 Å². The van der Waals surface area contributed by atoms with Crippen LogP contribution in [0.3, 0.4) is 0 Å². The highest BCUT2D eigenvalue weighted by molar-refractivity contribution is 5.70. The lowest BCUT2D eigenvalue weighted by molar-refractivity contribution is -0.105. The molecular weight excluding hydrogens is 194 g/mol. The highest BCUT2D eigenvalue weighted by Gasteiger charge is 2.06. The maximum Gasteiger partial charge on any atom is 0.322 e. The first-order valence-corrected chi connectivity index (χ1v) is 4.31. The summed E-state index contributed by atoms with van der Waals surface area (Å²) in [6, 6.07) is 0.0753. The van der Waals surface area contributed by atoms with Gasteiger partial charge in [0, 0.05) is 5.57 Å². The number of carbonyl (C=O) groups is 1. The van der Waals surface area contributed by atoms with E-state index in [1.807, 2.05) is 13.0 Å². The van der Waals surface area contributed by atoms with E-state index in [0.717, 1.165) is 5.57 Å². The van der Waals surface area contributed by atoms with Gasteiger partial charge in [0.05, 0.1) is 0 Å². The van der Waals surface area contributed by atoms with Crippen LogP contribution in [0.4, 0.5) is 6.01 Å². The SMILES string of the molecule is C=C/C=C\C(=C/C)c1nnc(NC=O)o1. The topological polar surface area (TPSA) is 68.0 Å². The van der Waals surface area contributed by atoms with Crippen LogP contribution in [0.1, 0.15) is 12.8 Å². The molecule has 0 atom stereocenters. The van der Waals surface area contributed by atoms with Crippen LogP contribution in [-0.4, -0.2) is 16.6 Å². The summed E-state index contributed by atoms with van der Waals surface area (Å²) in [6.07, 6.45) is 7.48. The van der Waals surface area contributed by atoms with Crippen LogP contribution in [0.5, 0.6) is 0 Å². The van der Waals surface area contributed by atoms with Gasteiger partial charge in [0.15, 0.2) is 0 Å². The van der Waals surface area contributed by atoms with Crippen LogP contribution in [0.15, 0.2) is 35.3 Å². The maximum atomic E-state index is 10.1. The first-order valence-electron chi connectivity index (χ1n) is 4.31. The molecule has 5 heteroatoms. The van der Waals surface area contributed by atoms with Gasteiger partial charge in [-0.25, -0.2) is 0 Å². The molecule has 0 aliphatic heterocycles. The van der Waals surface area contributed by atoms with E-state index in [1.165, 1.54) is 0 Å². The molecule has 0 saturated carbocycles. The largest absolute Gasteiger partial charge is 0.403 e. The summed E-state index contributed by atoms with van der Waals surface area (Å²) in [5.74, 6) is 0.347. The van der Waals surface area contributed by atoms with Crippen molar-refractivity contribution in [1.82, 2.24) is 10.2 Å². The lowest BCUT2D eigenvalue weighted by atomic mass is 10.2. The molecule has 0 fully saturated rings. The Morgan fingerprint density at radius 2 is 2.33 bits per heavy atom. The van der Waals surface area contributed by atoms with Crippen molar-refractivity contribution in [2.75, 3.05) is 5.32 Å². The second-order valence-electron chi connectivity index (χ2n) is 2.51. The second kappa shape index (κ2) is 5.54. The van der Waals surface area contributed by atoms with Crippen molar-refractivity contribution in [3.63, 3.8) is 0 Å². The van der Waals surface area contributed by atoms with Crippen molar-refractivity contribution < 1.29 is 9.21 Å². The molecule has 0 radical (unpaired) electrons. The first-order chi connectivity index (χ1) is 7.31. The van der Waals surface area contributed by atoms with E-state index in [1.54, 1.807) is 18.2 Å². The monoisotopic (exact) mass is 205 g/mol. The zero-order valence-electron chi connectivity index (χ0n) is 8.30. The minimum Gasteiger partial charge on any atom is -0.403 e. The van der Waals surface area contributed by atoms with Gasteiger partial charge in [0.25, 0.3) is 0 Å². The molecule has 0 aliphatic rings. The number of aromatic nitrogens is 2. The molecule has 0 spiro atoms. The normalized spacial score (nSPS) is 11.7. The van der Waals surface area contributed by atoms with E-state index < -0.39 is 0 Å². The molecule has 5 nitrogen and oxygen atoms in total. The Morgan fingerprint density at radius 1 is 1.53 bits per heavy atom. The molecule has 1 N–H and O–H groups in total. The molecule has 0 unspecified atom stereocenters. The van der Waals surface area contributed by atoms with E-state index >= 15 is 0 Å². The van der Waals surface area contributed by atoms with Gasteiger partial charge in [-0.05, 0) is 13.0 Å². The Bertz CT molecular complexity index is 405. The number of anilines is 1. The van der Waals surface area contributed by atoms with Crippen LogP contribution < -0.4 is 5.32 Å². The number of nitrogens with one attached hydrogen (secondary N) is 1. The molecular formula is C10H11N3O2. The molecule has 78 valence electrons. The van der Waals surface area contributed by atoms with E-state index in [2.05, 4.69) is 22.1 Å². The summed E-state index contributed by atoms with van der Waals surface area (Å²) >= 11 is 0. The molecule has 1 rings (SSSR count). The third kappa shape index (κ3) is 2.91. The Kier molecular flexibility index (Phi) is 4.03. The minimum atomic E-state index is 0.0753. The molecule has 1 aromatic rings. The van der Waals surface area contributed by atoms with E-state index in [4.69, 9.17) is 4.42 Å². The van der Waals surface area contributed by atoms with Crippen LogP contribution in [0, 0.1) is 0 Å². The van der Waals surface area contributed by atoms with Gasteiger partial charge >= 0.3 is 6.01 Å². The Morgan fingerprint density at radius 3 is 2.93 bits per heavy atom. The third-order valence-corrected chi connectivity index (χ3v) is 1.58. The number of nitrogens with zero attached hydrogens (tertiary/aromatic N) is 2. The Hall–Kier alpha value is -2.17. The zero-order chi connectivity index (χ0) is 11.1. The standard InChI is InChI=1S/C10H11N3O2/c1-3-5-6-8(4-2)9-12-13-10(15-9)11-7-14/h3-7H,1H2,2H3,(H,11,13,14)/b6-5-,8-4+. The first kappa shape index (κ1) is 10.9. The van der Waals surface area contributed by atoms with Crippen LogP contribution >= 0.6 is 0 Å². The number of hydrogen-bond acceptors (Lipinski definition) is 4. The maximum absolute atomic E-state index is 10.1. The highest BCUT2D eigenvalue weighted by atomic mass is 16.4. The van der Waals surface area contributed by atoms with Crippen LogP contribution in [-0.2, 0) is 4.79 Å². The van der Waals surface area contributed by atoms with Crippen LogP contribution in [0.25, 0.3) is 5.57 Å². The van der Waals surface area contributed by atoms with Gasteiger partial charge in [-0.15, -0.1) is 5.10 Å². The van der Waals surface area contributed by atoms with Gasteiger partial charge < -0.3 is 4.42 Å². The smallest absolute Gasteiger partial charge is 0.322 e. The molecule has 0 saturated heterocycles. The fourth-order valence-corrected chi connectivity index (χ4v) is 0.911. The van der Waals surface area contributed by atoms with Gasteiger partial charge in [0.2, 0.25) is 12.3 Å². The average molecular weight is 205 g/mol. The van der Waals surface area contributed by atoms with E-state index in [0.29, 0.717) is 12.3 Å². The minimum absolute atomic E-state index is 0.0753. The fraction of sp³-hybridized carbons (Fsp3) is 0.100. The summed E-state index contributed by atoms with van der Waals surface area (Å²) in [5, 5.41) is 9.66. The molecule has 1 aromatic heterocycles. The summed E-state index contributed by atoms with van der Waals surface area (Å²) in [6.45, 7) is 5.40. The summed E-state index contributed by atoms with van der Waals surface area (Å²) in [7, 11) is 0. The van der Waals surface area contributed by atoms with E-state index in [-0.39, 0.29) is 6.01 Å². The number of hydrogen-bond donors (Lipinski definition) is 1. The Balaban J connectivity index is 2.88. The lowest BCUT2D eigenvalue weighted by Gasteiger charge is -1.92. The third-order valence-electron chi connectivity index (χ3n) is 1.58. The van der Waals surface area contributed by atoms with E-state index in [9.17, 15) is 4.79 Å². The van der Waals surface area contributed by atoms with Gasteiger partial charge in [-0.3, -0.25) is 10.1 Å². The molecule has 0 aliphatic carbocycles. The molecule has 1 amide bonds. The van der Waals surface area contributed by atoms with Crippen molar-refractivity contribution >= 4 is 18.0 Å². The molecule has 1 heterocycles. The zero-order valence-corrected chi connectivity index (χ0v) is 8.30. The van der Waals surface area contributed by atoms with Crippen molar-refractivity contribution in [3.05, 3.63) is 36.8 Å².